The fourth-order valence-corrected chi connectivity index (χ4v) is 2.91. The first-order valence-corrected chi connectivity index (χ1v) is 9.69. The van der Waals surface area contributed by atoms with E-state index in [0.29, 0.717) is 23.6 Å². The van der Waals surface area contributed by atoms with Gasteiger partial charge in [-0.2, -0.15) is 4.99 Å². The number of pyridine rings is 1. The molecule has 0 saturated heterocycles. The van der Waals surface area contributed by atoms with E-state index in [9.17, 15) is 0 Å². The number of rotatable bonds is 6. The normalized spacial score (nSPS) is 21.6. The molecule has 7 heteroatoms. The van der Waals surface area contributed by atoms with E-state index in [0.717, 1.165) is 17.7 Å². The van der Waals surface area contributed by atoms with Gasteiger partial charge in [-0.25, -0.2) is 9.98 Å². The Kier molecular flexibility index (Phi) is 5.00. The number of aliphatic imine (C=N–C) groups is 2. The standard InChI is InChI=1S/C21H26N6O/c1-14(2)24-20-25-19(16-6-4-3-5-7-16)26-21(22,27-20)17-10-11-18(23-12-17)28-13-15-8-9-15/h3-7,10-12,14-15H,8-9,13,22H2,1-2H3,(H2,24,25,26,27). The molecular weight excluding hydrogens is 352 g/mol. The molecule has 0 spiro atoms. The maximum atomic E-state index is 6.66. The Bertz CT molecular complexity index is 874. The number of hydrogen-bond acceptors (Lipinski definition) is 7. The highest BCUT2D eigenvalue weighted by Gasteiger charge is 2.33. The molecule has 4 rings (SSSR count). The van der Waals surface area contributed by atoms with Gasteiger partial charge >= 0.3 is 0 Å². The summed E-state index contributed by atoms with van der Waals surface area (Å²) < 4.78 is 5.73. The molecule has 7 nitrogen and oxygen atoms in total. The Balaban J connectivity index is 1.60. The van der Waals surface area contributed by atoms with Crippen LogP contribution in [0.15, 0.2) is 58.6 Å². The number of nitrogens with zero attached hydrogens (tertiary/aromatic N) is 3. The van der Waals surface area contributed by atoms with Crippen LogP contribution in [0, 0.1) is 5.92 Å². The fourth-order valence-electron chi connectivity index (χ4n) is 2.91. The van der Waals surface area contributed by atoms with Crippen molar-refractivity contribution in [3.8, 4) is 5.88 Å². The first-order valence-electron chi connectivity index (χ1n) is 9.69. The van der Waals surface area contributed by atoms with Crippen molar-refractivity contribution < 1.29 is 4.74 Å². The number of amidine groups is 1. The molecule has 1 aliphatic carbocycles. The summed E-state index contributed by atoms with van der Waals surface area (Å²) in [5, 5.41) is 6.52. The number of guanidine groups is 1. The van der Waals surface area contributed by atoms with E-state index in [4.69, 9.17) is 10.5 Å². The summed E-state index contributed by atoms with van der Waals surface area (Å²) in [5.74, 6) is 1.27. The average Bonchev–Trinajstić information content (AvgIpc) is 3.51. The second-order valence-corrected chi connectivity index (χ2v) is 7.59. The maximum absolute atomic E-state index is 6.66. The highest BCUT2D eigenvalue weighted by molar-refractivity contribution is 6.07. The van der Waals surface area contributed by atoms with Crippen LogP contribution in [0.2, 0.25) is 0 Å². The van der Waals surface area contributed by atoms with Gasteiger partial charge in [0.25, 0.3) is 0 Å². The predicted molar refractivity (Wildman–Crippen MR) is 110 cm³/mol. The summed E-state index contributed by atoms with van der Waals surface area (Å²) in [6, 6.07) is 13.8. The molecule has 1 atom stereocenters. The van der Waals surface area contributed by atoms with E-state index in [2.05, 4.69) is 25.6 Å². The largest absolute Gasteiger partial charge is 0.477 e. The molecule has 1 aliphatic heterocycles. The fraction of sp³-hybridized carbons (Fsp3) is 0.381. The molecular formula is C21H26N6O. The predicted octanol–water partition coefficient (Wildman–Crippen LogP) is 2.34. The number of benzene rings is 1. The smallest absolute Gasteiger partial charge is 0.223 e. The Morgan fingerprint density at radius 1 is 1.21 bits per heavy atom. The Hall–Kier alpha value is -2.93. The molecule has 1 unspecified atom stereocenters. The van der Waals surface area contributed by atoms with Crippen molar-refractivity contribution in [2.24, 2.45) is 21.6 Å². The van der Waals surface area contributed by atoms with Gasteiger partial charge < -0.3 is 15.4 Å². The zero-order valence-corrected chi connectivity index (χ0v) is 16.2. The third-order valence-electron chi connectivity index (χ3n) is 4.61. The van der Waals surface area contributed by atoms with E-state index in [1.165, 1.54) is 12.8 Å². The highest BCUT2D eigenvalue weighted by atomic mass is 16.5. The van der Waals surface area contributed by atoms with Gasteiger partial charge in [-0.1, -0.05) is 30.3 Å². The van der Waals surface area contributed by atoms with Crippen LogP contribution in [0.1, 0.15) is 37.8 Å². The third kappa shape index (κ3) is 4.31. The first-order chi connectivity index (χ1) is 13.5. The lowest BCUT2D eigenvalue weighted by atomic mass is 10.1. The zero-order chi connectivity index (χ0) is 19.6. The van der Waals surface area contributed by atoms with Crippen LogP contribution >= 0.6 is 0 Å². The summed E-state index contributed by atoms with van der Waals surface area (Å²) >= 11 is 0. The summed E-state index contributed by atoms with van der Waals surface area (Å²) in [7, 11) is 0. The van der Waals surface area contributed by atoms with Crippen molar-refractivity contribution >= 4 is 11.8 Å². The van der Waals surface area contributed by atoms with E-state index in [1.54, 1.807) is 6.20 Å². The molecule has 146 valence electrons. The Morgan fingerprint density at radius 2 is 2.00 bits per heavy atom. The van der Waals surface area contributed by atoms with Crippen molar-refractivity contribution in [3.63, 3.8) is 0 Å². The summed E-state index contributed by atoms with van der Waals surface area (Å²) in [6.07, 6.45) is 4.20. The van der Waals surface area contributed by atoms with Crippen molar-refractivity contribution in [2.75, 3.05) is 6.61 Å². The second kappa shape index (κ2) is 7.59. The Labute approximate surface area is 165 Å². The van der Waals surface area contributed by atoms with Crippen LogP contribution < -0.4 is 21.1 Å². The van der Waals surface area contributed by atoms with Gasteiger partial charge in [-0.15, -0.1) is 0 Å². The first kappa shape index (κ1) is 18.4. The number of nitrogens with one attached hydrogen (secondary N) is 2. The van der Waals surface area contributed by atoms with E-state index >= 15 is 0 Å². The molecule has 28 heavy (non-hydrogen) atoms. The van der Waals surface area contributed by atoms with Gasteiger partial charge in [0.1, 0.15) is 5.84 Å². The van der Waals surface area contributed by atoms with Crippen LogP contribution in [-0.4, -0.2) is 29.4 Å². The number of ether oxygens (including phenoxy) is 1. The molecule has 0 amide bonds. The highest BCUT2D eigenvalue weighted by Crippen LogP contribution is 2.29. The van der Waals surface area contributed by atoms with E-state index in [-0.39, 0.29) is 6.04 Å². The van der Waals surface area contributed by atoms with Gasteiger partial charge in [-0.3, -0.25) is 5.73 Å². The second-order valence-electron chi connectivity index (χ2n) is 7.59. The van der Waals surface area contributed by atoms with Gasteiger partial charge in [0.05, 0.1) is 6.61 Å². The van der Waals surface area contributed by atoms with E-state index < -0.39 is 5.79 Å². The Morgan fingerprint density at radius 3 is 2.64 bits per heavy atom. The topological polar surface area (TPSA) is 96.9 Å². The quantitative estimate of drug-likeness (QED) is 0.717. The molecule has 2 aliphatic rings. The van der Waals surface area contributed by atoms with Gasteiger partial charge in [-0.05, 0) is 38.7 Å². The third-order valence-corrected chi connectivity index (χ3v) is 4.61. The lowest BCUT2D eigenvalue weighted by molar-refractivity contribution is 0.287. The molecule has 1 fully saturated rings. The summed E-state index contributed by atoms with van der Waals surface area (Å²) in [4.78, 5) is 13.6. The van der Waals surface area contributed by atoms with Crippen LogP contribution in [0.5, 0.6) is 5.88 Å². The van der Waals surface area contributed by atoms with Crippen molar-refractivity contribution in [2.45, 2.75) is 38.5 Å². The SMILES string of the molecule is CC(C)NC1=NC(N)(c2ccc(OCC3CC3)nc2)NC(c2ccccc2)=N1. The van der Waals surface area contributed by atoms with E-state index in [1.807, 2.05) is 56.3 Å². The zero-order valence-electron chi connectivity index (χ0n) is 16.2. The minimum atomic E-state index is -1.17. The minimum absolute atomic E-state index is 0.179. The minimum Gasteiger partial charge on any atom is -0.477 e. The number of hydrogen-bond donors (Lipinski definition) is 3. The molecule has 1 aromatic carbocycles. The molecule has 0 radical (unpaired) electrons. The summed E-state index contributed by atoms with van der Waals surface area (Å²) in [6.45, 7) is 4.80. The number of nitrogens with two attached hydrogens (primary N) is 1. The molecule has 0 bridgehead atoms. The monoisotopic (exact) mass is 378 g/mol. The van der Waals surface area contributed by atoms with Crippen LogP contribution in [-0.2, 0) is 5.79 Å². The van der Waals surface area contributed by atoms with Crippen molar-refractivity contribution in [1.82, 2.24) is 15.6 Å². The number of aromatic nitrogens is 1. The lowest BCUT2D eigenvalue weighted by Gasteiger charge is -2.32. The molecule has 2 aromatic rings. The lowest BCUT2D eigenvalue weighted by Crippen LogP contribution is -2.56. The van der Waals surface area contributed by atoms with Crippen molar-refractivity contribution in [3.05, 3.63) is 59.8 Å². The molecule has 1 saturated carbocycles. The van der Waals surface area contributed by atoms with Crippen LogP contribution in [0.3, 0.4) is 0 Å². The van der Waals surface area contributed by atoms with Crippen LogP contribution in [0.4, 0.5) is 0 Å². The molecule has 2 heterocycles. The van der Waals surface area contributed by atoms with Gasteiger partial charge in [0, 0.05) is 29.4 Å². The van der Waals surface area contributed by atoms with Gasteiger partial charge in [0.2, 0.25) is 17.6 Å². The molecule has 4 N–H and O–H groups in total. The van der Waals surface area contributed by atoms with Gasteiger partial charge in [0.15, 0.2) is 0 Å². The van der Waals surface area contributed by atoms with Crippen molar-refractivity contribution in [1.29, 1.82) is 0 Å². The maximum Gasteiger partial charge on any atom is 0.223 e. The average molecular weight is 378 g/mol. The van der Waals surface area contributed by atoms with Crippen LogP contribution in [0.25, 0.3) is 0 Å². The summed E-state index contributed by atoms with van der Waals surface area (Å²) in [5.41, 5.74) is 8.33. The molecule has 1 aromatic heterocycles.